The summed E-state index contributed by atoms with van der Waals surface area (Å²) in [5.41, 5.74) is 0.820. The van der Waals surface area contributed by atoms with Crippen molar-refractivity contribution in [2.45, 2.75) is 26.5 Å². The molecular formula is C16H17N2O3+. The molecule has 0 bridgehead atoms. The normalized spacial score (nSPS) is 10.4. The maximum atomic E-state index is 12.1. The molecule has 1 aromatic heterocycles. The second-order valence-electron chi connectivity index (χ2n) is 4.86. The van der Waals surface area contributed by atoms with Crippen molar-refractivity contribution in [2.24, 2.45) is 0 Å². The molecular weight excluding hydrogens is 268 g/mol. The first-order valence-electron chi connectivity index (χ1n) is 6.70. The summed E-state index contributed by atoms with van der Waals surface area (Å²) in [6, 6.07) is 9.01. The number of carbonyl (C=O) groups is 2. The van der Waals surface area contributed by atoms with Crippen molar-refractivity contribution in [1.82, 2.24) is 4.98 Å². The molecule has 5 heteroatoms. The van der Waals surface area contributed by atoms with Crippen LogP contribution in [0.1, 0.15) is 34.7 Å². The standard InChI is InChI=1S/C16H17N2O3/c1-12(2)21-16(20)14-10-18(9-8-17-14)11-15(19)13-6-4-3-5-7-13/h3-10,12H,11H2,1-2H3/q+1. The number of aromatic nitrogens is 2. The Labute approximate surface area is 123 Å². The van der Waals surface area contributed by atoms with Crippen molar-refractivity contribution >= 4 is 11.8 Å². The number of esters is 1. The van der Waals surface area contributed by atoms with Crippen LogP contribution in [0.25, 0.3) is 0 Å². The van der Waals surface area contributed by atoms with E-state index in [0.717, 1.165) is 0 Å². The summed E-state index contributed by atoms with van der Waals surface area (Å²) in [6.45, 7) is 3.69. The highest BCUT2D eigenvalue weighted by molar-refractivity contribution is 5.95. The average Bonchev–Trinajstić information content (AvgIpc) is 2.47. The van der Waals surface area contributed by atoms with Gasteiger partial charge in [-0.1, -0.05) is 30.3 Å². The van der Waals surface area contributed by atoms with E-state index >= 15 is 0 Å². The number of hydrogen-bond donors (Lipinski definition) is 0. The Morgan fingerprint density at radius 1 is 1.24 bits per heavy atom. The lowest BCUT2D eigenvalue weighted by atomic mass is 10.1. The van der Waals surface area contributed by atoms with Gasteiger partial charge in [0.1, 0.15) is 0 Å². The number of rotatable bonds is 5. The Morgan fingerprint density at radius 2 is 1.95 bits per heavy atom. The van der Waals surface area contributed by atoms with Crippen LogP contribution < -0.4 is 4.57 Å². The molecule has 0 saturated heterocycles. The quantitative estimate of drug-likeness (QED) is 0.477. The largest absolute Gasteiger partial charge is 0.458 e. The molecule has 0 radical (unpaired) electrons. The van der Waals surface area contributed by atoms with E-state index in [1.54, 1.807) is 36.7 Å². The van der Waals surface area contributed by atoms with Crippen molar-refractivity contribution in [3.63, 3.8) is 0 Å². The number of ether oxygens (including phenoxy) is 1. The van der Waals surface area contributed by atoms with Crippen LogP contribution in [0.2, 0.25) is 0 Å². The minimum absolute atomic E-state index is 0.0324. The zero-order valence-electron chi connectivity index (χ0n) is 12.0. The second kappa shape index (κ2) is 6.74. The molecule has 0 unspecified atom stereocenters. The van der Waals surface area contributed by atoms with Gasteiger partial charge in [0.05, 0.1) is 12.3 Å². The minimum Gasteiger partial charge on any atom is -0.458 e. The number of Topliss-reactive ketones (excluding diaryl/α,β-unsaturated/α-hetero) is 1. The topological polar surface area (TPSA) is 60.1 Å². The van der Waals surface area contributed by atoms with Gasteiger partial charge in [-0.2, -0.15) is 4.57 Å². The fourth-order valence-corrected chi connectivity index (χ4v) is 1.79. The summed E-state index contributed by atoms with van der Waals surface area (Å²) in [4.78, 5) is 27.9. The summed E-state index contributed by atoms with van der Waals surface area (Å²) in [6.07, 6.45) is 4.44. The molecule has 0 aliphatic rings. The van der Waals surface area contributed by atoms with E-state index < -0.39 is 5.97 Å². The molecule has 5 nitrogen and oxygen atoms in total. The molecule has 0 aliphatic heterocycles. The molecule has 1 aromatic carbocycles. The van der Waals surface area contributed by atoms with Gasteiger partial charge in [-0.25, -0.2) is 9.78 Å². The Kier molecular flexibility index (Phi) is 4.77. The second-order valence-corrected chi connectivity index (χ2v) is 4.86. The molecule has 0 aliphatic carbocycles. The zero-order valence-corrected chi connectivity index (χ0v) is 12.0. The summed E-state index contributed by atoms with van der Waals surface area (Å²) >= 11 is 0. The van der Waals surface area contributed by atoms with Crippen molar-refractivity contribution in [1.29, 1.82) is 0 Å². The molecule has 108 valence electrons. The highest BCUT2D eigenvalue weighted by atomic mass is 16.5. The summed E-state index contributed by atoms with van der Waals surface area (Å²) < 4.78 is 6.71. The van der Waals surface area contributed by atoms with E-state index in [0.29, 0.717) is 5.56 Å². The molecule has 0 amide bonds. The van der Waals surface area contributed by atoms with Gasteiger partial charge >= 0.3 is 5.97 Å². The molecule has 1 heterocycles. The van der Waals surface area contributed by atoms with Crippen LogP contribution in [0.15, 0.2) is 48.9 Å². The van der Waals surface area contributed by atoms with E-state index in [2.05, 4.69) is 4.98 Å². The van der Waals surface area contributed by atoms with Crippen molar-refractivity contribution in [2.75, 3.05) is 0 Å². The van der Waals surface area contributed by atoms with Gasteiger partial charge in [0, 0.05) is 5.56 Å². The maximum Gasteiger partial charge on any atom is 0.363 e. The van der Waals surface area contributed by atoms with Crippen LogP contribution in [0, 0.1) is 0 Å². The Hall–Kier alpha value is -2.56. The van der Waals surface area contributed by atoms with E-state index in [9.17, 15) is 9.59 Å². The van der Waals surface area contributed by atoms with Crippen LogP contribution in [0.4, 0.5) is 0 Å². The highest BCUT2D eigenvalue weighted by Gasteiger charge is 2.17. The third kappa shape index (κ3) is 4.21. The lowest BCUT2D eigenvalue weighted by molar-refractivity contribution is -0.683. The predicted octanol–water partition coefficient (Wildman–Crippen LogP) is 1.82. The summed E-state index contributed by atoms with van der Waals surface area (Å²) in [5, 5.41) is 0. The Morgan fingerprint density at radius 3 is 2.62 bits per heavy atom. The molecule has 0 fully saturated rings. The Balaban J connectivity index is 2.11. The van der Waals surface area contributed by atoms with Crippen molar-refractivity contribution in [3.8, 4) is 0 Å². The average molecular weight is 285 g/mol. The fourth-order valence-electron chi connectivity index (χ4n) is 1.79. The van der Waals surface area contributed by atoms with Crippen molar-refractivity contribution < 1.29 is 18.9 Å². The number of nitrogens with zero attached hydrogens (tertiary/aromatic N) is 2. The molecule has 0 N–H and O–H groups in total. The van der Waals surface area contributed by atoms with Crippen LogP contribution in [-0.4, -0.2) is 22.8 Å². The van der Waals surface area contributed by atoms with Crippen LogP contribution >= 0.6 is 0 Å². The predicted molar refractivity (Wildman–Crippen MR) is 75.8 cm³/mol. The van der Waals surface area contributed by atoms with Gasteiger partial charge < -0.3 is 4.74 Å². The van der Waals surface area contributed by atoms with Crippen molar-refractivity contribution in [3.05, 3.63) is 60.2 Å². The fraction of sp³-hybridized carbons (Fsp3) is 0.250. The third-order valence-electron chi connectivity index (χ3n) is 2.73. The Bertz CT molecular complexity index is 639. The smallest absolute Gasteiger partial charge is 0.363 e. The van der Waals surface area contributed by atoms with Gasteiger partial charge in [0.2, 0.25) is 24.2 Å². The third-order valence-corrected chi connectivity index (χ3v) is 2.73. The summed E-state index contributed by atoms with van der Waals surface area (Å²) in [7, 11) is 0. The maximum absolute atomic E-state index is 12.1. The van der Waals surface area contributed by atoms with Gasteiger partial charge in [-0.3, -0.25) is 4.79 Å². The van der Waals surface area contributed by atoms with Crippen LogP contribution in [0.3, 0.4) is 0 Å². The number of benzene rings is 1. The van der Waals surface area contributed by atoms with E-state index in [1.165, 1.54) is 12.4 Å². The lowest BCUT2D eigenvalue weighted by Crippen LogP contribution is -2.38. The van der Waals surface area contributed by atoms with Crippen LogP contribution in [-0.2, 0) is 11.3 Å². The first-order valence-corrected chi connectivity index (χ1v) is 6.70. The number of ketones is 1. The SMILES string of the molecule is CC(C)OC(=O)c1c[n+](CC(=O)c2ccccc2)ccn1. The van der Waals surface area contributed by atoms with Crippen LogP contribution in [0.5, 0.6) is 0 Å². The minimum atomic E-state index is -0.494. The summed E-state index contributed by atoms with van der Waals surface area (Å²) in [5.74, 6) is -0.526. The van der Waals surface area contributed by atoms with Gasteiger partial charge in [0.25, 0.3) is 0 Å². The monoisotopic (exact) mass is 285 g/mol. The van der Waals surface area contributed by atoms with Gasteiger partial charge in [-0.05, 0) is 13.8 Å². The highest BCUT2D eigenvalue weighted by Crippen LogP contribution is 2.01. The first kappa shape index (κ1) is 14.8. The van der Waals surface area contributed by atoms with Gasteiger partial charge in [0.15, 0.2) is 6.20 Å². The molecule has 2 aromatic rings. The number of hydrogen-bond acceptors (Lipinski definition) is 4. The first-order chi connectivity index (χ1) is 10.1. The zero-order chi connectivity index (χ0) is 15.2. The molecule has 21 heavy (non-hydrogen) atoms. The molecule has 0 atom stereocenters. The van der Waals surface area contributed by atoms with E-state index in [-0.39, 0.29) is 24.1 Å². The molecule has 0 saturated carbocycles. The van der Waals surface area contributed by atoms with E-state index in [4.69, 9.17) is 4.74 Å². The van der Waals surface area contributed by atoms with E-state index in [1.807, 2.05) is 18.2 Å². The lowest BCUT2D eigenvalue weighted by Gasteiger charge is -2.06. The van der Waals surface area contributed by atoms with Gasteiger partial charge in [-0.15, -0.1) is 0 Å². The molecule has 0 spiro atoms. The number of carbonyl (C=O) groups excluding carboxylic acids is 2. The molecule has 2 rings (SSSR count).